The van der Waals surface area contributed by atoms with E-state index >= 15 is 4.39 Å². The highest BCUT2D eigenvalue weighted by molar-refractivity contribution is 7.08. The molecule has 5 nitrogen and oxygen atoms in total. The molecule has 1 aromatic rings. The zero-order valence-electron chi connectivity index (χ0n) is 11.6. The van der Waals surface area contributed by atoms with E-state index in [1.165, 1.54) is 11.3 Å². The van der Waals surface area contributed by atoms with Crippen LogP contribution in [-0.2, 0) is 16.1 Å². The highest BCUT2D eigenvalue weighted by Gasteiger charge is 2.55. The first kappa shape index (κ1) is 14.2. The van der Waals surface area contributed by atoms with Crippen LogP contribution in [0.2, 0.25) is 0 Å². The summed E-state index contributed by atoms with van der Waals surface area (Å²) < 4.78 is 15.3. The second-order valence-electron chi connectivity index (χ2n) is 5.31. The number of amides is 3. The second-order valence-corrected chi connectivity index (χ2v) is 6.06. The van der Waals surface area contributed by atoms with Gasteiger partial charge in [-0.05, 0) is 17.4 Å². The summed E-state index contributed by atoms with van der Waals surface area (Å²) >= 11 is 1.38. The van der Waals surface area contributed by atoms with Gasteiger partial charge in [-0.2, -0.15) is 11.3 Å². The molecular formula is C14H15FN2O3S. The number of hydrogen-bond donors (Lipinski definition) is 0. The number of rotatable bonds is 3. The summed E-state index contributed by atoms with van der Waals surface area (Å²) in [4.78, 5) is 38.4. The van der Waals surface area contributed by atoms with Crippen LogP contribution in [-0.4, -0.2) is 39.9 Å². The molecule has 0 saturated carbocycles. The average Bonchev–Trinajstić information content (AvgIpc) is 3.03. The van der Waals surface area contributed by atoms with Gasteiger partial charge in [0.15, 0.2) is 0 Å². The molecule has 0 aromatic carbocycles. The van der Waals surface area contributed by atoms with Gasteiger partial charge in [-0.25, -0.2) is 4.39 Å². The standard InChI is InChI=1S/C14H15FN2O3S/c1-2-5-16-11(18)3-4-14(15,13(16)20)17-6-9-7-21-8-10(9)12(17)19/h7-8H,2-6H2,1H3. The van der Waals surface area contributed by atoms with E-state index < -0.39 is 17.6 Å². The SMILES string of the molecule is CCCN1C(=O)CCC(F)(N2Cc3cscc3C2=O)C1=O. The maximum Gasteiger partial charge on any atom is 0.288 e. The molecule has 1 aromatic heterocycles. The van der Waals surface area contributed by atoms with Gasteiger partial charge in [0.2, 0.25) is 5.91 Å². The molecule has 0 radical (unpaired) electrons. The van der Waals surface area contributed by atoms with Crippen molar-refractivity contribution in [2.24, 2.45) is 0 Å². The monoisotopic (exact) mass is 310 g/mol. The summed E-state index contributed by atoms with van der Waals surface area (Å²) in [6.07, 6.45) is 0.248. The molecule has 1 saturated heterocycles. The van der Waals surface area contributed by atoms with Gasteiger partial charge in [0, 0.05) is 24.8 Å². The molecule has 7 heteroatoms. The molecular weight excluding hydrogens is 295 g/mol. The number of carbonyl (C=O) groups is 3. The Bertz CT molecular complexity index is 629. The molecule has 1 atom stereocenters. The van der Waals surface area contributed by atoms with Crippen molar-refractivity contribution in [3.8, 4) is 0 Å². The number of imide groups is 1. The summed E-state index contributed by atoms with van der Waals surface area (Å²) in [6, 6.07) is 0. The number of hydrogen-bond acceptors (Lipinski definition) is 4. The van der Waals surface area contributed by atoms with Crippen LogP contribution in [0, 0.1) is 0 Å². The summed E-state index contributed by atoms with van der Waals surface area (Å²) in [5.74, 6) is -4.14. The van der Waals surface area contributed by atoms with E-state index in [1.807, 2.05) is 6.92 Å². The minimum Gasteiger partial charge on any atom is -0.294 e. The number of piperidine rings is 1. The lowest BCUT2D eigenvalue weighted by molar-refractivity contribution is -0.170. The number of thiophene rings is 1. The van der Waals surface area contributed by atoms with Gasteiger partial charge in [0.25, 0.3) is 17.6 Å². The zero-order valence-corrected chi connectivity index (χ0v) is 12.4. The average molecular weight is 310 g/mol. The highest BCUT2D eigenvalue weighted by atomic mass is 32.1. The fourth-order valence-electron chi connectivity index (χ4n) is 2.84. The molecule has 3 heterocycles. The number of nitrogens with zero attached hydrogens (tertiary/aromatic N) is 2. The van der Waals surface area contributed by atoms with Gasteiger partial charge < -0.3 is 0 Å². The first-order valence-electron chi connectivity index (χ1n) is 6.89. The maximum atomic E-state index is 15.3. The van der Waals surface area contributed by atoms with E-state index in [0.29, 0.717) is 12.0 Å². The lowest BCUT2D eigenvalue weighted by atomic mass is 9.99. The third-order valence-electron chi connectivity index (χ3n) is 3.97. The van der Waals surface area contributed by atoms with Crippen LogP contribution in [0.15, 0.2) is 10.8 Å². The van der Waals surface area contributed by atoms with Gasteiger partial charge in [-0.15, -0.1) is 0 Å². The molecule has 0 bridgehead atoms. The molecule has 3 rings (SSSR count). The molecule has 112 valence electrons. The first-order chi connectivity index (χ1) is 9.99. The Hall–Kier alpha value is -1.76. The Morgan fingerprint density at radius 3 is 2.76 bits per heavy atom. The van der Waals surface area contributed by atoms with E-state index in [4.69, 9.17) is 0 Å². The lowest BCUT2D eigenvalue weighted by Crippen LogP contribution is -2.61. The Morgan fingerprint density at radius 1 is 1.33 bits per heavy atom. The number of carbonyl (C=O) groups excluding carboxylic acids is 3. The van der Waals surface area contributed by atoms with Gasteiger partial charge in [-0.1, -0.05) is 6.92 Å². The molecule has 2 aliphatic heterocycles. The van der Waals surface area contributed by atoms with E-state index in [-0.39, 0.29) is 31.8 Å². The van der Waals surface area contributed by atoms with Gasteiger partial charge in [0.05, 0.1) is 12.1 Å². The van der Waals surface area contributed by atoms with Crippen LogP contribution in [0.25, 0.3) is 0 Å². The molecule has 0 spiro atoms. The van der Waals surface area contributed by atoms with Crippen molar-refractivity contribution in [3.63, 3.8) is 0 Å². The minimum atomic E-state index is -2.41. The van der Waals surface area contributed by atoms with Crippen molar-refractivity contribution in [1.29, 1.82) is 0 Å². The van der Waals surface area contributed by atoms with E-state index in [9.17, 15) is 14.4 Å². The number of likely N-dealkylation sites (tertiary alicyclic amines) is 1. The van der Waals surface area contributed by atoms with Crippen LogP contribution < -0.4 is 0 Å². The molecule has 1 fully saturated rings. The maximum absolute atomic E-state index is 15.3. The van der Waals surface area contributed by atoms with Crippen LogP contribution >= 0.6 is 11.3 Å². The molecule has 3 amide bonds. The quantitative estimate of drug-likeness (QED) is 0.633. The van der Waals surface area contributed by atoms with Gasteiger partial charge >= 0.3 is 0 Å². The predicted octanol–water partition coefficient (Wildman–Crippen LogP) is 1.93. The van der Waals surface area contributed by atoms with Crippen molar-refractivity contribution in [3.05, 3.63) is 21.9 Å². The third-order valence-corrected chi connectivity index (χ3v) is 4.76. The smallest absolute Gasteiger partial charge is 0.288 e. The molecule has 1 unspecified atom stereocenters. The van der Waals surface area contributed by atoms with Crippen molar-refractivity contribution in [2.75, 3.05) is 6.54 Å². The van der Waals surface area contributed by atoms with Crippen LogP contribution in [0.3, 0.4) is 0 Å². The Balaban J connectivity index is 1.91. The molecule has 0 aliphatic carbocycles. The zero-order chi connectivity index (χ0) is 15.2. The first-order valence-corrected chi connectivity index (χ1v) is 7.84. The van der Waals surface area contributed by atoms with Crippen molar-refractivity contribution in [1.82, 2.24) is 9.80 Å². The van der Waals surface area contributed by atoms with Gasteiger partial charge in [-0.3, -0.25) is 24.2 Å². The molecule has 21 heavy (non-hydrogen) atoms. The number of alkyl halides is 1. The summed E-state index contributed by atoms with van der Waals surface area (Å²) in [7, 11) is 0. The number of halogens is 1. The Morgan fingerprint density at radius 2 is 2.10 bits per heavy atom. The van der Waals surface area contributed by atoms with Crippen molar-refractivity contribution in [2.45, 2.75) is 38.5 Å². The van der Waals surface area contributed by atoms with Crippen LogP contribution in [0.5, 0.6) is 0 Å². The number of fused-ring (bicyclic) bond motifs is 1. The van der Waals surface area contributed by atoms with E-state index in [1.54, 1.807) is 10.8 Å². The minimum absolute atomic E-state index is 0.0567. The fourth-order valence-corrected chi connectivity index (χ4v) is 3.66. The van der Waals surface area contributed by atoms with Crippen LogP contribution in [0.4, 0.5) is 4.39 Å². The van der Waals surface area contributed by atoms with Crippen molar-refractivity contribution >= 4 is 29.1 Å². The summed E-state index contributed by atoms with van der Waals surface area (Å²) in [5.41, 5.74) is 1.21. The van der Waals surface area contributed by atoms with E-state index in [2.05, 4.69) is 0 Å². The Labute approximate surface area is 125 Å². The Kier molecular flexibility index (Phi) is 3.32. The second kappa shape index (κ2) is 4.91. The van der Waals surface area contributed by atoms with Crippen LogP contribution in [0.1, 0.15) is 42.1 Å². The van der Waals surface area contributed by atoms with E-state index in [0.717, 1.165) is 15.4 Å². The third kappa shape index (κ3) is 1.98. The topological polar surface area (TPSA) is 57.7 Å². The summed E-state index contributed by atoms with van der Waals surface area (Å²) in [5, 5.41) is 3.46. The molecule has 0 N–H and O–H groups in total. The predicted molar refractivity (Wildman–Crippen MR) is 74.3 cm³/mol. The normalized spacial score (nSPS) is 25.7. The summed E-state index contributed by atoms with van der Waals surface area (Å²) in [6.45, 7) is 2.09. The largest absolute Gasteiger partial charge is 0.294 e. The van der Waals surface area contributed by atoms with Crippen molar-refractivity contribution < 1.29 is 18.8 Å². The fraction of sp³-hybridized carbons (Fsp3) is 0.500. The molecule has 2 aliphatic rings. The van der Waals surface area contributed by atoms with Gasteiger partial charge in [0.1, 0.15) is 0 Å². The highest BCUT2D eigenvalue weighted by Crippen LogP contribution is 2.38. The lowest BCUT2D eigenvalue weighted by Gasteiger charge is -2.40.